The third-order valence-electron chi connectivity index (χ3n) is 6.81. The summed E-state index contributed by atoms with van der Waals surface area (Å²) in [5, 5.41) is 57.6. The summed E-state index contributed by atoms with van der Waals surface area (Å²) in [5.41, 5.74) is 4.96. The molecule has 1 aromatic carbocycles. The number of thioether (sulfide) groups is 1. The third-order valence-corrected chi connectivity index (χ3v) is 8.83. The van der Waals surface area contributed by atoms with Crippen LogP contribution in [0.1, 0.15) is 11.5 Å². The number of oxime groups is 1. The number of nitrogens with one attached hydrogen (secondary N) is 2. The lowest BCUT2D eigenvalue weighted by molar-refractivity contribution is -0.150. The molecule has 1 fully saturated rings. The number of carbonyl (C=O) groups excluding carboxylic acids is 2. The average molecular weight is 684 g/mol. The number of carbonyl (C=O) groups is 3. The molecule has 6 rings (SSSR count). The van der Waals surface area contributed by atoms with Gasteiger partial charge in [-0.25, -0.2) is 19.4 Å². The molecular formula is C25H21N11O9S2. The summed E-state index contributed by atoms with van der Waals surface area (Å²) in [6, 6.07) is 2.83. The average Bonchev–Trinajstić information content (AvgIpc) is 3.69. The lowest BCUT2D eigenvalue weighted by Crippen LogP contribution is -2.71. The Morgan fingerprint density at radius 1 is 1.19 bits per heavy atom. The molecule has 0 saturated carbocycles. The number of carboxylic acids is 1. The molecule has 47 heavy (non-hydrogen) atoms. The van der Waals surface area contributed by atoms with Crippen LogP contribution in [0.4, 0.5) is 5.13 Å². The number of rotatable bonds is 10. The molecular weight excluding hydrogens is 662 g/mol. The number of tetrazole rings is 1. The zero-order valence-electron chi connectivity index (χ0n) is 23.5. The van der Waals surface area contributed by atoms with E-state index in [1.807, 2.05) is 0 Å². The Morgan fingerprint density at radius 3 is 2.70 bits per heavy atom. The van der Waals surface area contributed by atoms with Gasteiger partial charge in [-0.2, -0.15) is 0 Å². The van der Waals surface area contributed by atoms with Crippen molar-refractivity contribution >= 4 is 51.7 Å². The Kier molecular flexibility index (Phi) is 8.17. The highest BCUT2D eigenvalue weighted by atomic mass is 32.2. The molecule has 22 heteroatoms. The van der Waals surface area contributed by atoms with E-state index in [0.717, 1.165) is 22.4 Å². The number of amides is 2. The molecule has 0 radical (unpaired) electrons. The summed E-state index contributed by atoms with van der Waals surface area (Å²) < 4.78 is 1.29. The van der Waals surface area contributed by atoms with Crippen molar-refractivity contribution < 1.29 is 39.6 Å². The zero-order chi connectivity index (χ0) is 33.4. The Balaban J connectivity index is 1.20. The maximum Gasteiger partial charge on any atom is 0.352 e. The molecule has 0 aliphatic carbocycles. The minimum Gasteiger partial charge on any atom is -0.504 e. The van der Waals surface area contributed by atoms with Crippen LogP contribution in [0.25, 0.3) is 11.4 Å². The summed E-state index contributed by atoms with van der Waals surface area (Å²) in [7, 11) is 0. The lowest BCUT2D eigenvalue weighted by Gasteiger charge is -2.49. The first-order valence-electron chi connectivity index (χ1n) is 13.2. The van der Waals surface area contributed by atoms with E-state index in [-0.39, 0.29) is 51.9 Å². The van der Waals surface area contributed by atoms with E-state index in [9.17, 15) is 39.6 Å². The topological polar surface area (TPSA) is 297 Å². The first-order valence-corrected chi connectivity index (χ1v) is 15.1. The van der Waals surface area contributed by atoms with E-state index in [4.69, 9.17) is 10.6 Å². The number of aromatic hydroxyl groups is 3. The Labute approximate surface area is 269 Å². The van der Waals surface area contributed by atoms with Crippen molar-refractivity contribution in [2.24, 2.45) is 5.16 Å². The molecule has 242 valence electrons. The standard InChI is InChI=1S/C25H21N11O9S2/c26-25-28-11(8-47-25)16(32-45-6-15-27-4-14(39)20(40)29-15)21(41)30-17-22(42)36-18(24(43)44)10(7-46-23(17)36)5-35-19(31-33-34-35)9-1-2-12(37)13(38)3-9/h1-4,8,17,23,37-39H,5-7H2,(H2,26,28)(H,30,41)(H,43,44)(H,27,29,40)/t17-,23-/m1/s1. The molecule has 1 saturated heterocycles. The molecule has 5 heterocycles. The number of hydrogen-bond acceptors (Lipinski definition) is 17. The molecule has 3 aromatic heterocycles. The van der Waals surface area contributed by atoms with Crippen LogP contribution in [0.3, 0.4) is 0 Å². The normalized spacial score (nSPS) is 17.7. The van der Waals surface area contributed by atoms with Crippen molar-refractivity contribution in [2.45, 2.75) is 24.6 Å². The van der Waals surface area contributed by atoms with Gasteiger partial charge in [-0.1, -0.05) is 5.16 Å². The van der Waals surface area contributed by atoms with Gasteiger partial charge < -0.3 is 41.3 Å². The van der Waals surface area contributed by atoms with Crippen LogP contribution in [-0.4, -0.2) is 101 Å². The maximum absolute atomic E-state index is 13.4. The largest absolute Gasteiger partial charge is 0.504 e. The SMILES string of the molecule is Nc1nc(C(=NOCc2ncc(O)c(=O)[nH]2)C(=O)N[C@@H]2C(=O)N3C(C(=O)O)=C(Cn4nnnc4-c4ccc(O)c(O)c4)CS[C@H]23)cs1. The molecule has 4 aromatic rings. The molecule has 2 atom stereocenters. The predicted molar refractivity (Wildman–Crippen MR) is 161 cm³/mol. The van der Waals surface area contributed by atoms with Crippen molar-refractivity contribution in [2.75, 3.05) is 11.5 Å². The summed E-state index contributed by atoms with van der Waals surface area (Å²) in [5.74, 6) is -3.99. The van der Waals surface area contributed by atoms with Crippen LogP contribution in [0.5, 0.6) is 17.2 Å². The number of nitrogen functional groups attached to an aromatic ring is 1. The van der Waals surface area contributed by atoms with Crippen molar-refractivity contribution in [3.8, 4) is 28.6 Å². The number of carboxylic acid groups (broad SMARTS) is 1. The van der Waals surface area contributed by atoms with Gasteiger partial charge in [-0.15, -0.1) is 28.2 Å². The van der Waals surface area contributed by atoms with E-state index in [2.05, 4.69) is 40.9 Å². The number of H-pyrrole nitrogens is 1. The Hall–Kier alpha value is -6.03. The number of fused-ring (bicyclic) bond motifs is 1. The molecule has 2 aliphatic heterocycles. The molecule has 0 spiro atoms. The fourth-order valence-electron chi connectivity index (χ4n) is 4.63. The second-order valence-electron chi connectivity index (χ2n) is 9.81. The number of benzene rings is 1. The van der Waals surface area contributed by atoms with Crippen LogP contribution in [0.2, 0.25) is 0 Å². The van der Waals surface area contributed by atoms with Gasteiger partial charge in [0.25, 0.3) is 17.4 Å². The van der Waals surface area contributed by atoms with E-state index < -0.39 is 52.9 Å². The maximum atomic E-state index is 13.4. The summed E-state index contributed by atoms with van der Waals surface area (Å²) in [4.78, 5) is 67.0. The van der Waals surface area contributed by atoms with E-state index in [1.165, 1.54) is 40.0 Å². The molecule has 0 unspecified atom stereocenters. The number of thiazole rings is 1. The van der Waals surface area contributed by atoms with Gasteiger partial charge in [-0.3, -0.25) is 19.3 Å². The van der Waals surface area contributed by atoms with Crippen LogP contribution in [0.15, 0.2) is 51.0 Å². The third kappa shape index (κ3) is 6.00. The van der Waals surface area contributed by atoms with Crippen molar-refractivity contribution in [1.82, 2.24) is 45.4 Å². The van der Waals surface area contributed by atoms with Crippen molar-refractivity contribution in [1.29, 1.82) is 0 Å². The molecule has 20 nitrogen and oxygen atoms in total. The fraction of sp³-hybridized carbons (Fsp3) is 0.200. The first kappa shape index (κ1) is 31.0. The summed E-state index contributed by atoms with van der Waals surface area (Å²) in [6.45, 7) is -0.514. The number of aromatic nitrogens is 7. The number of nitrogens with two attached hydrogens (primary N) is 1. The second-order valence-corrected chi connectivity index (χ2v) is 11.8. The minimum absolute atomic E-state index is 0.00341. The quantitative estimate of drug-likeness (QED) is 0.0453. The number of nitrogens with zero attached hydrogens (tertiary/aromatic N) is 8. The fourth-order valence-corrected chi connectivity index (χ4v) is 6.52. The van der Waals surface area contributed by atoms with Crippen LogP contribution in [0, 0.1) is 0 Å². The van der Waals surface area contributed by atoms with Crippen LogP contribution < -0.4 is 16.6 Å². The number of phenolic OH excluding ortho intramolecular Hbond substituents is 2. The van der Waals surface area contributed by atoms with Crippen molar-refractivity contribution in [3.05, 3.63) is 62.9 Å². The Morgan fingerprint density at radius 2 is 2.00 bits per heavy atom. The molecule has 2 aliphatic rings. The molecule has 8 N–H and O–H groups in total. The van der Waals surface area contributed by atoms with Crippen molar-refractivity contribution in [3.63, 3.8) is 0 Å². The number of aromatic amines is 1. The number of aliphatic carboxylic acids is 1. The van der Waals surface area contributed by atoms with Gasteiger partial charge >= 0.3 is 5.97 Å². The van der Waals surface area contributed by atoms with E-state index >= 15 is 0 Å². The van der Waals surface area contributed by atoms with Crippen LogP contribution >= 0.6 is 23.1 Å². The highest BCUT2D eigenvalue weighted by Gasteiger charge is 2.54. The van der Waals surface area contributed by atoms with Gasteiger partial charge in [0.1, 0.15) is 28.6 Å². The molecule has 0 bridgehead atoms. The number of anilines is 1. The number of hydrogen-bond donors (Lipinski definition) is 7. The smallest absolute Gasteiger partial charge is 0.352 e. The van der Waals surface area contributed by atoms with E-state index in [1.54, 1.807) is 0 Å². The summed E-state index contributed by atoms with van der Waals surface area (Å²) in [6.07, 6.45) is 0.917. The second kappa shape index (κ2) is 12.4. The first-order chi connectivity index (χ1) is 22.5. The highest BCUT2D eigenvalue weighted by molar-refractivity contribution is 8.00. The van der Waals surface area contributed by atoms with Gasteiger partial charge in [0.2, 0.25) is 0 Å². The van der Waals surface area contributed by atoms with Crippen LogP contribution in [-0.2, 0) is 32.4 Å². The predicted octanol–water partition coefficient (Wildman–Crippen LogP) is -1.06. The number of β-lactam (4-membered cyclic amide) rings is 1. The monoisotopic (exact) mass is 683 g/mol. The molecule has 2 amide bonds. The van der Waals surface area contributed by atoms with E-state index in [0.29, 0.717) is 11.1 Å². The summed E-state index contributed by atoms with van der Waals surface area (Å²) >= 11 is 2.22. The number of phenols is 2. The minimum atomic E-state index is -1.38. The lowest BCUT2D eigenvalue weighted by atomic mass is 10.0. The zero-order valence-corrected chi connectivity index (χ0v) is 25.1. The van der Waals surface area contributed by atoms with Gasteiger partial charge in [0, 0.05) is 16.7 Å². The Bertz CT molecular complexity index is 2040. The highest BCUT2D eigenvalue weighted by Crippen LogP contribution is 2.41. The van der Waals surface area contributed by atoms with Gasteiger partial charge in [0.05, 0.1) is 12.7 Å². The van der Waals surface area contributed by atoms with Gasteiger partial charge in [0.15, 0.2) is 40.5 Å². The van der Waals surface area contributed by atoms with Gasteiger partial charge in [-0.05, 0) is 34.2 Å².